The highest BCUT2D eigenvalue weighted by Gasteiger charge is 2.22. The fourth-order valence-corrected chi connectivity index (χ4v) is 2.12. The van der Waals surface area contributed by atoms with E-state index in [4.69, 9.17) is 10.2 Å². The van der Waals surface area contributed by atoms with E-state index in [0.717, 1.165) is 37.7 Å². The number of likely N-dealkylation sites (N-methyl/N-ethyl adjacent to an activating group) is 1. The minimum atomic E-state index is 0.356. The fraction of sp³-hybridized carbons (Fsp3) is 0.667. The second-order valence-electron chi connectivity index (χ2n) is 4.52. The van der Waals surface area contributed by atoms with E-state index in [0.29, 0.717) is 12.6 Å². The summed E-state index contributed by atoms with van der Waals surface area (Å²) >= 11 is 0. The van der Waals surface area contributed by atoms with Crippen LogP contribution in [0.15, 0.2) is 16.5 Å². The third kappa shape index (κ3) is 2.45. The molecule has 0 radical (unpaired) electrons. The van der Waals surface area contributed by atoms with Gasteiger partial charge in [-0.15, -0.1) is 0 Å². The average Bonchev–Trinajstić information content (AvgIpc) is 2.77. The summed E-state index contributed by atoms with van der Waals surface area (Å²) in [4.78, 5) is 4.82. The molecule has 2 heterocycles. The summed E-state index contributed by atoms with van der Waals surface area (Å²) < 4.78 is 5.69. The van der Waals surface area contributed by atoms with E-state index in [2.05, 4.69) is 23.8 Å². The average molecular weight is 223 g/mol. The third-order valence-corrected chi connectivity index (χ3v) is 3.38. The Kier molecular flexibility index (Phi) is 3.63. The summed E-state index contributed by atoms with van der Waals surface area (Å²) in [5.41, 5.74) is 5.55. The first-order chi connectivity index (χ1) is 7.70. The van der Waals surface area contributed by atoms with Gasteiger partial charge in [0.05, 0.1) is 12.6 Å². The van der Waals surface area contributed by atoms with Crippen LogP contribution in [0, 0.1) is 0 Å². The number of hydrogen-bond acceptors (Lipinski definition) is 4. The Hall–Kier alpha value is -0.840. The fourth-order valence-electron chi connectivity index (χ4n) is 2.12. The van der Waals surface area contributed by atoms with Crippen molar-refractivity contribution in [1.82, 2.24) is 9.80 Å². The highest BCUT2D eigenvalue weighted by atomic mass is 16.3. The molecule has 1 unspecified atom stereocenters. The van der Waals surface area contributed by atoms with Crippen molar-refractivity contribution in [2.75, 3.05) is 33.2 Å². The van der Waals surface area contributed by atoms with Crippen molar-refractivity contribution < 1.29 is 4.42 Å². The lowest BCUT2D eigenvalue weighted by Crippen LogP contribution is -2.45. The molecule has 16 heavy (non-hydrogen) atoms. The summed E-state index contributed by atoms with van der Waals surface area (Å²) in [5, 5.41) is 0. The molecule has 4 heteroatoms. The van der Waals surface area contributed by atoms with Crippen LogP contribution < -0.4 is 5.73 Å². The lowest BCUT2D eigenvalue weighted by molar-refractivity contribution is 0.108. The predicted octanol–water partition coefficient (Wildman–Crippen LogP) is 1.05. The van der Waals surface area contributed by atoms with Crippen molar-refractivity contribution in [1.29, 1.82) is 0 Å². The standard InChI is InChI=1S/C12H21N3O/c1-10(12-4-3-11(9-13)16-12)15-7-5-14(2)6-8-15/h3-4,10H,5-9,13H2,1-2H3. The molecule has 1 aliphatic heterocycles. The van der Waals surface area contributed by atoms with Gasteiger partial charge in [0.15, 0.2) is 0 Å². The van der Waals surface area contributed by atoms with Gasteiger partial charge in [-0.3, -0.25) is 4.90 Å². The highest BCUT2D eigenvalue weighted by molar-refractivity contribution is 5.10. The first-order valence-electron chi connectivity index (χ1n) is 5.92. The molecule has 1 fully saturated rings. The van der Waals surface area contributed by atoms with Gasteiger partial charge in [-0.05, 0) is 26.1 Å². The van der Waals surface area contributed by atoms with Crippen LogP contribution in [0.25, 0.3) is 0 Å². The van der Waals surface area contributed by atoms with E-state index < -0.39 is 0 Å². The maximum Gasteiger partial charge on any atom is 0.121 e. The lowest BCUT2D eigenvalue weighted by Gasteiger charge is -2.35. The SMILES string of the molecule is CC(c1ccc(CN)o1)N1CCN(C)CC1. The van der Waals surface area contributed by atoms with Gasteiger partial charge < -0.3 is 15.1 Å². The van der Waals surface area contributed by atoms with E-state index >= 15 is 0 Å². The number of hydrogen-bond donors (Lipinski definition) is 1. The van der Waals surface area contributed by atoms with Gasteiger partial charge in [0, 0.05) is 26.2 Å². The predicted molar refractivity (Wildman–Crippen MR) is 64.1 cm³/mol. The van der Waals surface area contributed by atoms with Crippen molar-refractivity contribution in [3.05, 3.63) is 23.7 Å². The third-order valence-electron chi connectivity index (χ3n) is 3.38. The Balaban J connectivity index is 1.98. The molecule has 1 saturated heterocycles. The Bertz CT molecular complexity index is 329. The second-order valence-corrected chi connectivity index (χ2v) is 4.52. The molecular formula is C12H21N3O. The van der Waals surface area contributed by atoms with Crippen LogP contribution in [0.4, 0.5) is 0 Å². The molecule has 0 amide bonds. The van der Waals surface area contributed by atoms with Gasteiger partial charge >= 0.3 is 0 Å². The molecule has 0 aliphatic carbocycles. The maximum absolute atomic E-state index is 5.69. The molecule has 1 aliphatic rings. The van der Waals surface area contributed by atoms with E-state index in [1.165, 1.54) is 0 Å². The first-order valence-corrected chi connectivity index (χ1v) is 5.92. The molecule has 4 nitrogen and oxygen atoms in total. The van der Waals surface area contributed by atoms with Crippen LogP contribution in [0.2, 0.25) is 0 Å². The van der Waals surface area contributed by atoms with E-state index in [1.807, 2.05) is 12.1 Å². The summed E-state index contributed by atoms with van der Waals surface area (Å²) in [5.74, 6) is 1.90. The van der Waals surface area contributed by atoms with Crippen molar-refractivity contribution >= 4 is 0 Å². The lowest BCUT2D eigenvalue weighted by atomic mass is 10.2. The molecule has 0 saturated carbocycles. The van der Waals surface area contributed by atoms with Crippen molar-refractivity contribution in [3.63, 3.8) is 0 Å². The molecule has 2 rings (SSSR count). The molecule has 1 atom stereocenters. The van der Waals surface area contributed by atoms with Gasteiger partial charge in [-0.2, -0.15) is 0 Å². The number of piperazine rings is 1. The highest BCUT2D eigenvalue weighted by Crippen LogP contribution is 2.23. The maximum atomic E-state index is 5.69. The summed E-state index contributed by atoms with van der Waals surface area (Å²) in [7, 11) is 2.17. The smallest absolute Gasteiger partial charge is 0.121 e. The molecule has 90 valence electrons. The van der Waals surface area contributed by atoms with Crippen LogP contribution in [0.1, 0.15) is 24.5 Å². The van der Waals surface area contributed by atoms with E-state index in [9.17, 15) is 0 Å². The van der Waals surface area contributed by atoms with Crippen molar-refractivity contribution in [2.24, 2.45) is 5.73 Å². The van der Waals surface area contributed by atoms with Crippen LogP contribution in [0.3, 0.4) is 0 Å². The minimum Gasteiger partial charge on any atom is -0.463 e. The van der Waals surface area contributed by atoms with Gasteiger partial charge in [-0.1, -0.05) is 0 Å². The Morgan fingerprint density at radius 2 is 2.00 bits per heavy atom. The van der Waals surface area contributed by atoms with Crippen LogP contribution in [-0.4, -0.2) is 43.0 Å². The molecule has 1 aromatic rings. The number of nitrogens with zero attached hydrogens (tertiary/aromatic N) is 2. The molecule has 2 N–H and O–H groups in total. The molecule has 0 spiro atoms. The zero-order valence-corrected chi connectivity index (χ0v) is 10.1. The molecular weight excluding hydrogens is 202 g/mol. The van der Waals surface area contributed by atoms with E-state index in [1.54, 1.807) is 0 Å². The largest absolute Gasteiger partial charge is 0.463 e. The summed E-state index contributed by atoms with van der Waals surface area (Å²) in [6, 6.07) is 4.38. The van der Waals surface area contributed by atoms with Crippen molar-refractivity contribution in [2.45, 2.75) is 19.5 Å². The Morgan fingerprint density at radius 3 is 2.56 bits per heavy atom. The van der Waals surface area contributed by atoms with Gasteiger partial charge in [0.1, 0.15) is 11.5 Å². The number of rotatable bonds is 3. The minimum absolute atomic E-state index is 0.356. The second kappa shape index (κ2) is 4.99. The monoisotopic (exact) mass is 223 g/mol. The van der Waals surface area contributed by atoms with Crippen LogP contribution >= 0.6 is 0 Å². The zero-order chi connectivity index (χ0) is 11.5. The quantitative estimate of drug-likeness (QED) is 0.832. The summed E-state index contributed by atoms with van der Waals surface area (Å²) in [6.45, 7) is 7.16. The number of nitrogens with two attached hydrogens (primary N) is 1. The topological polar surface area (TPSA) is 45.6 Å². The van der Waals surface area contributed by atoms with Gasteiger partial charge in [0.2, 0.25) is 0 Å². The number of furan rings is 1. The van der Waals surface area contributed by atoms with Gasteiger partial charge in [0.25, 0.3) is 0 Å². The molecule has 0 aromatic carbocycles. The Morgan fingerprint density at radius 1 is 1.31 bits per heavy atom. The van der Waals surface area contributed by atoms with Crippen LogP contribution in [0.5, 0.6) is 0 Å². The Labute approximate surface area is 97.0 Å². The van der Waals surface area contributed by atoms with Gasteiger partial charge in [-0.25, -0.2) is 0 Å². The summed E-state index contributed by atoms with van der Waals surface area (Å²) in [6.07, 6.45) is 0. The molecule has 0 bridgehead atoms. The normalized spacial score (nSPS) is 21.2. The van der Waals surface area contributed by atoms with Crippen LogP contribution in [-0.2, 0) is 6.54 Å². The van der Waals surface area contributed by atoms with E-state index in [-0.39, 0.29) is 0 Å². The molecule has 1 aromatic heterocycles. The zero-order valence-electron chi connectivity index (χ0n) is 10.1. The van der Waals surface area contributed by atoms with Crippen molar-refractivity contribution in [3.8, 4) is 0 Å². The first kappa shape index (κ1) is 11.6.